The first-order chi connectivity index (χ1) is 14.0. The normalized spacial score (nSPS) is 18.2. The monoisotopic (exact) mass is 397 g/mol. The van der Waals surface area contributed by atoms with E-state index in [2.05, 4.69) is 15.6 Å². The molecule has 0 spiro atoms. The van der Waals surface area contributed by atoms with Crippen molar-refractivity contribution in [3.8, 4) is 17.2 Å². The Kier molecular flexibility index (Phi) is 5.47. The third kappa shape index (κ3) is 4.91. The lowest BCUT2D eigenvalue weighted by Gasteiger charge is -2.16. The molecule has 1 aliphatic heterocycles. The van der Waals surface area contributed by atoms with Gasteiger partial charge >= 0.3 is 0 Å². The Morgan fingerprint density at radius 1 is 1.31 bits per heavy atom. The molecule has 29 heavy (non-hydrogen) atoms. The molecular weight excluding hydrogens is 370 g/mol. The molecule has 2 heterocycles. The van der Waals surface area contributed by atoms with Crippen LogP contribution >= 0.6 is 0 Å². The van der Waals surface area contributed by atoms with Crippen LogP contribution in [0, 0.1) is 12.8 Å². The van der Waals surface area contributed by atoms with E-state index in [1.54, 1.807) is 6.20 Å². The van der Waals surface area contributed by atoms with Crippen molar-refractivity contribution in [2.45, 2.75) is 45.9 Å². The van der Waals surface area contributed by atoms with Crippen LogP contribution in [0.1, 0.15) is 44.2 Å². The summed E-state index contributed by atoms with van der Waals surface area (Å²) in [5.41, 5.74) is 2.70. The lowest BCUT2D eigenvalue weighted by Crippen LogP contribution is -2.35. The first-order valence-electron chi connectivity index (χ1n) is 10.0. The van der Waals surface area contributed by atoms with E-state index in [4.69, 9.17) is 14.2 Å². The van der Waals surface area contributed by atoms with Gasteiger partial charge in [0.2, 0.25) is 12.1 Å². The number of benzene rings is 1. The van der Waals surface area contributed by atoms with E-state index >= 15 is 0 Å². The van der Waals surface area contributed by atoms with Crippen LogP contribution in [0.5, 0.6) is 17.2 Å². The Morgan fingerprint density at radius 2 is 2.14 bits per heavy atom. The SMILES string of the molecule is CC(=O)NC(C)COc1cnc(C2Nc3ccc(OCC4CC4)cc3O2)c(C)c1. The second kappa shape index (κ2) is 8.19. The molecule has 7 heteroatoms. The Balaban J connectivity index is 1.37. The van der Waals surface area contributed by atoms with Crippen LogP contribution in [-0.4, -0.2) is 30.1 Å². The van der Waals surface area contributed by atoms with Crippen LogP contribution in [0.4, 0.5) is 5.69 Å². The van der Waals surface area contributed by atoms with E-state index in [-0.39, 0.29) is 18.2 Å². The predicted octanol–water partition coefficient (Wildman–Crippen LogP) is 3.59. The highest BCUT2D eigenvalue weighted by Crippen LogP contribution is 2.41. The van der Waals surface area contributed by atoms with Gasteiger partial charge in [0.05, 0.1) is 24.5 Å². The molecule has 2 N–H and O–H groups in total. The molecule has 0 saturated heterocycles. The summed E-state index contributed by atoms with van der Waals surface area (Å²) >= 11 is 0. The maximum atomic E-state index is 11.1. The number of nitrogens with zero attached hydrogens (tertiary/aromatic N) is 1. The van der Waals surface area contributed by atoms with Gasteiger partial charge in [0.15, 0.2) is 0 Å². The summed E-state index contributed by atoms with van der Waals surface area (Å²) in [6, 6.07) is 7.74. The summed E-state index contributed by atoms with van der Waals surface area (Å²) in [5.74, 6) is 2.91. The Hall–Kier alpha value is -2.96. The van der Waals surface area contributed by atoms with E-state index in [9.17, 15) is 4.79 Å². The van der Waals surface area contributed by atoms with Gasteiger partial charge in [0, 0.05) is 13.0 Å². The number of fused-ring (bicyclic) bond motifs is 1. The van der Waals surface area contributed by atoms with Crippen LogP contribution in [0.3, 0.4) is 0 Å². The topological polar surface area (TPSA) is 81.7 Å². The molecule has 2 aromatic rings. The van der Waals surface area contributed by atoms with Crippen LogP contribution in [0.2, 0.25) is 0 Å². The fourth-order valence-electron chi connectivity index (χ4n) is 3.25. The van der Waals surface area contributed by atoms with Gasteiger partial charge in [-0.25, -0.2) is 0 Å². The smallest absolute Gasteiger partial charge is 0.217 e. The van der Waals surface area contributed by atoms with Crippen LogP contribution in [0.25, 0.3) is 0 Å². The van der Waals surface area contributed by atoms with Gasteiger partial charge in [-0.15, -0.1) is 0 Å². The van der Waals surface area contributed by atoms with Gasteiger partial charge in [0.1, 0.15) is 29.5 Å². The molecule has 1 fully saturated rings. The van der Waals surface area contributed by atoms with Gasteiger partial charge in [-0.05, 0) is 56.4 Å². The molecule has 4 rings (SSSR count). The fraction of sp³-hybridized carbons (Fsp3) is 0.455. The molecule has 0 radical (unpaired) electrons. The van der Waals surface area contributed by atoms with Crippen molar-refractivity contribution in [2.24, 2.45) is 5.92 Å². The van der Waals surface area contributed by atoms with E-state index in [1.807, 2.05) is 38.1 Å². The van der Waals surface area contributed by atoms with Gasteiger partial charge in [-0.3, -0.25) is 9.78 Å². The zero-order valence-corrected chi connectivity index (χ0v) is 17.0. The molecule has 1 aliphatic carbocycles. The van der Waals surface area contributed by atoms with Gasteiger partial charge in [-0.2, -0.15) is 0 Å². The largest absolute Gasteiger partial charge is 0.493 e. The second-order valence-corrected chi connectivity index (χ2v) is 7.84. The van der Waals surface area contributed by atoms with Gasteiger partial charge < -0.3 is 24.8 Å². The van der Waals surface area contributed by atoms with Crippen molar-refractivity contribution in [1.82, 2.24) is 10.3 Å². The molecule has 1 amide bonds. The summed E-state index contributed by atoms with van der Waals surface area (Å²) in [6.07, 6.45) is 3.86. The number of aryl methyl sites for hydroxylation is 1. The number of pyridine rings is 1. The van der Waals surface area contributed by atoms with Crippen molar-refractivity contribution in [3.05, 3.63) is 41.7 Å². The zero-order valence-electron chi connectivity index (χ0n) is 17.0. The zero-order chi connectivity index (χ0) is 20.4. The van der Waals surface area contributed by atoms with Gasteiger partial charge in [0.25, 0.3) is 0 Å². The third-order valence-corrected chi connectivity index (χ3v) is 4.96. The maximum absolute atomic E-state index is 11.1. The molecular formula is C22H27N3O4. The quantitative estimate of drug-likeness (QED) is 0.709. The predicted molar refractivity (Wildman–Crippen MR) is 109 cm³/mol. The maximum Gasteiger partial charge on any atom is 0.217 e. The van der Waals surface area contributed by atoms with E-state index < -0.39 is 0 Å². The van der Waals surface area contributed by atoms with Crippen molar-refractivity contribution in [2.75, 3.05) is 18.5 Å². The van der Waals surface area contributed by atoms with E-state index in [1.165, 1.54) is 19.8 Å². The first-order valence-corrected chi connectivity index (χ1v) is 10.0. The summed E-state index contributed by atoms with van der Waals surface area (Å²) in [7, 11) is 0. The number of anilines is 1. The highest BCUT2D eigenvalue weighted by atomic mass is 16.5. The van der Waals surface area contributed by atoms with Crippen molar-refractivity contribution in [3.63, 3.8) is 0 Å². The minimum absolute atomic E-state index is 0.0712. The number of hydrogen-bond donors (Lipinski definition) is 2. The minimum Gasteiger partial charge on any atom is -0.493 e. The highest BCUT2D eigenvalue weighted by Gasteiger charge is 2.27. The molecule has 1 aromatic carbocycles. The molecule has 0 bridgehead atoms. The lowest BCUT2D eigenvalue weighted by molar-refractivity contribution is -0.119. The molecule has 2 unspecified atom stereocenters. The molecule has 2 atom stereocenters. The van der Waals surface area contributed by atoms with Crippen LogP contribution in [0.15, 0.2) is 30.5 Å². The minimum atomic E-state index is -0.351. The standard InChI is InChI=1S/C22H27N3O4/c1-13-8-18(27-11-14(2)24-15(3)26)10-23-21(13)22-25-19-7-6-17(9-20(19)29-22)28-12-16-4-5-16/h6-10,14,16,22,25H,4-5,11-12H2,1-3H3,(H,24,26). The second-order valence-electron chi connectivity index (χ2n) is 7.84. The van der Waals surface area contributed by atoms with Crippen molar-refractivity contribution in [1.29, 1.82) is 0 Å². The molecule has 2 aliphatic rings. The van der Waals surface area contributed by atoms with E-state index in [0.29, 0.717) is 18.3 Å². The molecule has 154 valence electrons. The third-order valence-electron chi connectivity index (χ3n) is 4.96. The number of aromatic nitrogens is 1. The summed E-state index contributed by atoms with van der Waals surface area (Å²) in [5, 5.41) is 6.15. The highest BCUT2D eigenvalue weighted by molar-refractivity contribution is 5.73. The Bertz CT molecular complexity index is 898. The van der Waals surface area contributed by atoms with Gasteiger partial charge in [-0.1, -0.05) is 0 Å². The average molecular weight is 397 g/mol. The number of carbonyl (C=O) groups excluding carboxylic acids is 1. The number of rotatable bonds is 8. The van der Waals surface area contributed by atoms with Crippen LogP contribution in [-0.2, 0) is 4.79 Å². The number of nitrogens with one attached hydrogen (secondary N) is 2. The first kappa shape index (κ1) is 19.4. The number of hydrogen-bond acceptors (Lipinski definition) is 6. The summed E-state index contributed by atoms with van der Waals surface area (Å²) in [4.78, 5) is 15.6. The average Bonchev–Trinajstić information content (AvgIpc) is 3.41. The number of amides is 1. The summed E-state index contributed by atoms with van der Waals surface area (Å²) < 4.78 is 17.7. The number of carbonyl (C=O) groups is 1. The Labute approximate surface area is 170 Å². The number of ether oxygens (including phenoxy) is 3. The van der Waals surface area contributed by atoms with Crippen molar-refractivity contribution >= 4 is 11.6 Å². The fourth-order valence-corrected chi connectivity index (χ4v) is 3.25. The molecule has 1 aromatic heterocycles. The Morgan fingerprint density at radius 3 is 2.86 bits per heavy atom. The molecule has 1 saturated carbocycles. The molecule has 7 nitrogen and oxygen atoms in total. The van der Waals surface area contributed by atoms with E-state index in [0.717, 1.165) is 35.1 Å². The summed E-state index contributed by atoms with van der Waals surface area (Å²) in [6.45, 7) is 6.52. The van der Waals surface area contributed by atoms with Crippen LogP contribution < -0.4 is 24.8 Å². The lowest BCUT2D eigenvalue weighted by atomic mass is 10.2. The van der Waals surface area contributed by atoms with Crippen molar-refractivity contribution < 1.29 is 19.0 Å².